The molecule has 5 nitrogen and oxygen atoms in total. The Morgan fingerprint density at radius 3 is 2.89 bits per heavy atom. The number of hydrogen-bond acceptors (Lipinski definition) is 3. The number of carbonyl (C=O) groups is 1. The highest BCUT2D eigenvalue weighted by molar-refractivity contribution is 6.02. The van der Waals surface area contributed by atoms with Crippen molar-refractivity contribution < 1.29 is 4.79 Å². The fourth-order valence-corrected chi connectivity index (χ4v) is 2.39. The van der Waals surface area contributed by atoms with E-state index in [1.165, 1.54) is 0 Å². The van der Waals surface area contributed by atoms with Crippen LogP contribution in [0.25, 0.3) is 21.9 Å². The van der Waals surface area contributed by atoms with Gasteiger partial charge < -0.3 is 10.3 Å². The number of fused-ring (bicyclic) bond motifs is 3. The summed E-state index contributed by atoms with van der Waals surface area (Å²) in [6, 6.07) is 7.88. The number of hydrogen-bond donors (Lipinski definition) is 1. The lowest BCUT2D eigenvalue weighted by atomic mass is 10.1. The summed E-state index contributed by atoms with van der Waals surface area (Å²) in [6.07, 6.45) is 3.79. The molecule has 0 saturated carbocycles. The first kappa shape index (κ1) is 11.6. The average Bonchev–Trinajstić information content (AvgIpc) is 2.82. The molecule has 2 N–H and O–H groups in total. The highest BCUT2D eigenvalue weighted by Gasteiger charge is 2.14. The van der Waals surface area contributed by atoms with Crippen LogP contribution in [0.4, 0.5) is 0 Å². The minimum atomic E-state index is -0.312. The Morgan fingerprint density at radius 2 is 2.11 bits per heavy atom. The van der Waals surface area contributed by atoms with Crippen molar-refractivity contribution >= 4 is 27.8 Å². The first-order valence-electron chi connectivity index (χ1n) is 6.15. The van der Waals surface area contributed by atoms with Crippen molar-refractivity contribution in [3.8, 4) is 0 Å². The van der Waals surface area contributed by atoms with Crippen molar-refractivity contribution in [2.75, 3.05) is 0 Å². The van der Waals surface area contributed by atoms with E-state index < -0.39 is 0 Å². The zero-order chi connectivity index (χ0) is 13.4. The Labute approximate surface area is 110 Å². The third-order valence-electron chi connectivity index (χ3n) is 3.28. The van der Waals surface area contributed by atoms with Gasteiger partial charge in [0.25, 0.3) is 0 Å². The van der Waals surface area contributed by atoms with Gasteiger partial charge in [0.05, 0.1) is 23.6 Å². The minimum absolute atomic E-state index is 0.0201. The molecular weight excluding hydrogens is 240 g/mol. The molecule has 2 aromatic heterocycles. The van der Waals surface area contributed by atoms with Gasteiger partial charge in [-0.2, -0.15) is 0 Å². The molecule has 0 aliphatic carbocycles. The molecule has 0 saturated heterocycles. The number of nitrogens with zero attached hydrogens (tertiary/aromatic N) is 3. The Kier molecular flexibility index (Phi) is 2.67. The van der Waals surface area contributed by atoms with E-state index in [0.717, 1.165) is 21.9 Å². The van der Waals surface area contributed by atoms with Gasteiger partial charge in [0.1, 0.15) is 5.52 Å². The van der Waals surface area contributed by atoms with E-state index in [1.54, 1.807) is 12.5 Å². The lowest BCUT2D eigenvalue weighted by molar-refractivity contribution is -0.118. The van der Waals surface area contributed by atoms with Gasteiger partial charge >= 0.3 is 0 Å². The monoisotopic (exact) mass is 254 g/mol. The lowest BCUT2D eigenvalue weighted by Crippen LogP contribution is -2.17. The zero-order valence-electron chi connectivity index (χ0n) is 10.6. The standard InChI is InChI=1S/C14H14N4O/c1-9(6-13(15)19)18-8-17-12-7-16-11-5-3-2-4-10(11)14(12)18/h2-5,7-9H,6H2,1H3,(H2,15,19). The summed E-state index contributed by atoms with van der Waals surface area (Å²) in [4.78, 5) is 19.8. The molecule has 1 atom stereocenters. The summed E-state index contributed by atoms with van der Waals surface area (Å²) in [5.41, 5.74) is 8.02. The molecule has 19 heavy (non-hydrogen) atoms. The van der Waals surface area contributed by atoms with Gasteiger partial charge in [-0.05, 0) is 13.0 Å². The quantitative estimate of drug-likeness (QED) is 0.777. The molecular formula is C14H14N4O. The predicted molar refractivity (Wildman–Crippen MR) is 73.6 cm³/mol. The van der Waals surface area contributed by atoms with E-state index in [0.29, 0.717) is 6.42 Å². The van der Waals surface area contributed by atoms with Crippen LogP contribution >= 0.6 is 0 Å². The first-order valence-corrected chi connectivity index (χ1v) is 6.15. The number of rotatable bonds is 3. The summed E-state index contributed by atoms with van der Waals surface area (Å²) in [5.74, 6) is -0.312. The van der Waals surface area contributed by atoms with Gasteiger partial charge in [0.15, 0.2) is 0 Å². The zero-order valence-corrected chi connectivity index (χ0v) is 10.6. The Balaban J connectivity index is 2.25. The molecule has 1 amide bonds. The third-order valence-corrected chi connectivity index (χ3v) is 3.28. The van der Waals surface area contributed by atoms with Gasteiger partial charge in [-0.15, -0.1) is 0 Å². The molecule has 0 fully saturated rings. The second-order valence-corrected chi connectivity index (χ2v) is 4.68. The highest BCUT2D eigenvalue weighted by Crippen LogP contribution is 2.26. The molecule has 2 heterocycles. The van der Waals surface area contributed by atoms with Crippen LogP contribution in [0.3, 0.4) is 0 Å². The number of primary amides is 1. The number of imidazole rings is 1. The Bertz CT molecular complexity index is 762. The normalized spacial score (nSPS) is 12.9. The van der Waals surface area contributed by atoms with Crippen LogP contribution in [-0.4, -0.2) is 20.4 Å². The van der Waals surface area contributed by atoms with Crippen molar-refractivity contribution in [3.05, 3.63) is 36.8 Å². The smallest absolute Gasteiger partial charge is 0.219 e. The summed E-state index contributed by atoms with van der Waals surface area (Å²) >= 11 is 0. The van der Waals surface area contributed by atoms with Crippen molar-refractivity contribution in [1.82, 2.24) is 14.5 Å². The van der Waals surface area contributed by atoms with Crippen LogP contribution < -0.4 is 5.73 Å². The van der Waals surface area contributed by atoms with Gasteiger partial charge in [0, 0.05) is 17.8 Å². The number of para-hydroxylation sites is 1. The van der Waals surface area contributed by atoms with E-state index in [1.807, 2.05) is 35.8 Å². The number of amides is 1. The van der Waals surface area contributed by atoms with Crippen LogP contribution in [0, 0.1) is 0 Å². The number of pyridine rings is 1. The molecule has 0 bridgehead atoms. The molecule has 1 unspecified atom stereocenters. The highest BCUT2D eigenvalue weighted by atomic mass is 16.1. The summed E-state index contributed by atoms with van der Waals surface area (Å²) in [5, 5.41) is 1.04. The van der Waals surface area contributed by atoms with Crippen LogP contribution in [0.2, 0.25) is 0 Å². The van der Waals surface area contributed by atoms with E-state index in [2.05, 4.69) is 9.97 Å². The van der Waals surface area contributed by atoms with Crippen molar-refractivity contribution in [2.45, 2.75) is 19.4 Å². The molecule has 3 aromatic rings. The van der Waals surface area contributed by atoms with Gasteiger partial charge in [0.2, 0.25) is 5.91 Å². The fraction of sp³-hybridized carbons (Fsp3) is 0.214. The van der Waals surface area contributed by atoms with Crippen molar-refractivity contribution in [2.24, 2.45) is 5.73 Å². The summed E-state index contributed by atoms with van der Waals surface area (Å²) < 4.78 is 1.99. The van der Waals surface area contributed by atoms with Crippen LogP contribution in [0.5, 0.6) is 0 Å². The van der Waals surface area contributed by atoms with Crippen LogP contribution in [-0.2, 0) is 4.79 Å². The van der Waals surface area contributed by atoms with Crippen LogP contribution in [0.15, 0.2) is 36.8 Å². The second kappa shape index (κ2) is 4.35. The number of benzene rings is 1. The number of carbonyl (C=O) groups excluding carboxylic acids is 1. The van der Waals surface area contributed by atoms with E-state index >= 15 is 0 Å². The Morgan fingerprint density at radius 1 is 1.32 bits per heavy atom. The minimum Gasteiger partial charge on any atom is -0.370 e. The number of aromatic nitrogens is 3. The molecule has 96 valence electrons. The maximum Gasteiger partial charge on any atom is 0.219 e. The largest absolute Gasteiger partial charge is 0.370 e. The molecule has 0 spiro atoms. The summed E-state index contributed by atoms with van der Waals surface area (Å²) in [7, 11) is 0. The second-order valence-electron chi connectivity index (χ2n) is 4.68. The van der Waals surface area contributed by atoms with E-state index in [4.69, 9.17) is 5.73 Å². The van der Waals surface area contributed by atoms with Crippen molar-refractivity contribution in [1.29, 1.82) is 0 Å². The lowest BCUT2D eigenvalue weighted by Gasteiger charge is -2.13. The third kappa shape index (κ3) is 1.93. The molecule has 3 rings (SSSR count). The summed E-state index contributed by atoms with van der Waals surface area (Å²) in [6.45, 7) is 1.96. The molecule has 5 heteroatoms. The van der Waals surface area contributed by atoms with Gasteiger partial charge in [-0.1, -0.05) is 18.2 Å². The molecule has 0 aliphatic rings. The number of nitrogens with two attached hydrogens (primary N) is 1. The maximum absolute atomic E-state index is 11.1. The predicted octanol–water partition coefficient (Wildman–Crippen LogP) is 2.02. The maximum atomic E-state index is 11.1. The van der Waals surface area contributed by atoms with E-state index in [-0.39, 0.29) is 11.9 Å². The Hall–Kier alpha value is -2.43. The molecule has 0 aliphatic heterocycles. The van der Waals surface area contributed by atoms with Gasteiger partial charge in [-0.25, -0.2) is 4.98 Å². The van der Waals surface area contributed by atoms with Crippen LogP contribution in [0.1, 0.15) is 19.4 Å². The topological polar surface area (TPSA) is 73.8 Å². The molecule has 0 radical (unpaired) electrons. The first-order chi connectivity index (χ1) is 9.16. The van der Waals surface area contributed by atoms with E-state index in [9.17, 15) is 4.79 Å². The average molecular weight is 254 g/mol. The van der Waals surface area contributed by atoms with Gasteiger partial charge in [-0.3, -0.25) is 9.78 Å². The fourth-order valence-electron chi connectivity index (χ4n) is 2.39. The SMILES string of the molecule is CC(CC(N)=O)n1cnc2cnc3ccccc3c21. The van der Waals surface area contributed by atoms with Crippen molar-refractivity contribution in [3.63, 3.8) is 0 Å². The molecule has 1 aromatic carbocycles.